The summed E-state index contributed by atoms with van der Waals surface area (Å²) in [5.74, 6) is -0.472. The lowest BCUT2D eigenvalue weighted by Crippen LogP contribution is -2.42. The minimum atomic E-state index is -0.462. The van der Waals surface area contributed by atoms with Crippen LogP contribution in [0.5, 0.6) is 0 Å². The zero-order valence-corrected chi connectivity index (χ0v) is 20.8. The second-order valence-electron chi connectivity index (χ2n) is 7.79. The molecule has 3 rings (SSSR count). The second kappa shape index (κ2) is 14.1. The van der Waals surface area contributed by atoms with Crippen molar-refractivity contribution >= 4 is 5.91 Å². The van der Waals surface area contributed by atoms with Gasteiger partial charge >= 0.3 is 0 Å². The van der Waals surface area contributed by atoms with Gasteiger partial charge in [-0.1, -0.05) is 53.9 Å². The highest BCUT2D eigenvalue weighted by molar-refractivity contribution is 5.99. The monoisotopic (exact) mass is 451 g/mol. The Kier molecular flexibility index (Phi) is 12.0. The number of pyridine rings is 2. The Morgan fingerprint density at radius 2 is 1.73 bits per heavy atom. The van der Waals surface area contributed by atoms with Gasteiger partial charge in [0, 0.05) is 37.2 Å². The topological polar surface area (TPSA) is 46.1 Å². The average molecular weight is 452 g/mol. The Labute approximate surface area is 199 Å². The molecule has 178 valence electrons. The SMILES string of the molecule is C=C/C(=C\C(=C)F)CC1(C)CCN(C(=O)c2cccnc2-c2ccncc2)CC1.CC.CC. The van der Waals surface area contributed by atoms with Crippen LogP contribution in [0.1, 0.15) is 64.2 Å². The number of amides is 1. The first kappa shape index (κ1) is 28.0. The number of rotatable bonds is 6. The number of nitrogens with zero attached hydrogens (tertiary/aromatic N) is 3. The summed E-state index contributed by atoms with van der Waals surface area (Å²) in [4.78, 5) is 23.6. The molecular formula is C28H38FN3O. The first-order valence-electron chi connectivity index (χ1n) is 11.7. The van der Waals surface area contributed by atoms with Crippen molar-refractivity contribution in [1.29, 1.82) is 0 Å². The second-order valence-corrected chi connectivity index (χ2v) is 7.79. The normalized spacial score (nSPS) is 14.7. The van der Waals surface area contributed by atoms with Crippen molar-refractivity contribution in [3.8, 4) is 11.3 Å². The third kappa shape index (κ3) is 8.08. The van der Waals surface area contributed by atoms with E-state index < -0.39 is 5.83 Å². The van der Waals surface area contributed by atoms with E-state index in [0.717, 1.165) is 30.4 Å². The van der Waals surface area contributed by atoms with Gasteiger partial charge in [-0.2, -0.15) is 0 Å². The predicted molar refractivity (Wildman–Crippen MR) is 137 cm³/mol. The summed E-state index contributed by atoms with van der Waals surface area (Å²) in [5, 5.41) is 0. The largest absolute Gasteiger partial charge is 0.339 e. The van der Waals surface area contributed by atoms with Gasteiger partial charge in [0.1, 0.15) is 5.83 Å². The molecule has 33 heavy (non-hydrogen) atoms. The van der Waals surface area contributed by atoms with Crippen LogP contribution in [0, 0.1) is 5.41 Å². The van der Waals surface area contributed by atoms with Gasteiger partial charge in [-0.15, -0.1) is 0 Å². The van der Waals surface area contributed by atoms with Gasteiger partial charge in [0.25, 0.3) is 5.91 Å². The molecule has 1 fully saturated rings. The third-order valence-electron chi connectivity index (χ3n) is 5.48. The van der Waals surface area contributed by atoms with E-state index in [1.165, 1.54) is 6.08 Å². The zero-order chi connectivity index (χ0) is 24.9. The molecular weight excluding hydrogens is 413 g/mol. The van der Waals surface area contributed by atoms with E-state index in [4.69, 9.17) is 0 Å². The quantitative estimate of drug-likeness (QED) is 0.429. The van der Waals surface area contributed by atoms with Gasteiger partial charge in [0.05, 0.1) is 11.3 Å². The van der Waals surface area contributed by atoms with E-state index in [-0.39, 0.29) is 11.3 Å². The molecule has 2 aromatic rings. The Bertz CT molecular complexity index is 929. The summed E-state index contributed by atoms with van der Waals surface area (Å²) >= 11 is 0. The number of halogens is 1. The van der Waals surface area contributed by atoms with Crippen LogP contribution in [-0.2, 0) is 0 Å². The van der Waals surface area contributed by atoms with Crippen molar-refractivity contribution in [3.63, 3.8) is 0 Å². The summed E-state index contributed by atoms with van der Waals surface area (Å²) in [6.07, 6.45) is 10.6. The number of allylic oxidation sites excluding steroid dienone is 4. The van der Waals surface area contributed by atoms with Gasteiger partial charge in [0.2, 0.25) is 0 Å². The van der Waals surface area contributed by atoms with Crippen LogP contribution in [-0.4, -0.2) is 33.9 Å². The minimum absolute atomic E-state index is 0.00484. The van der Waals surface area contributed by atoms with E-state index in [1.807, 2.05) is 50.8 Å². The van der Waals surface area contributed by atoms with Gasteiger partial charge in [-0.05, 0) is 60.6 Å². The van der Waals surface area contributed by atoms with E-state index in [1.54, 1.807) is 30.7 Å². The van der Waals surface area contributed by atoms with Crippen molar-refractivity contribution in [1.82, 2.24) is 14.9 Å². The lowest BCUT2D eigenvalue weighted by Gasteiger charge is -2.40. The van der Waals surface area contributed by atoms with Crippen molar-refractivity contribution in [3.05, 3.63) is 85.1 Å². The maximum Gasteiger partial charge on any atom is 0.256 e. The summed E-state index contributed by atoms with van der Waals surface area (Å²) < 4.78 is 13.2. The Morgan fingerprint density at radius 3 is 2.27 bits per heavy atom. The molecule has 5 heteroatoms. The van der Waals surface area contributed by atoms with Gasteiger partial charge in [-0.3, -0.25) is 14.8 Å². The molecule has 1 amide bonds. The molecule has 0 aromatic carbocycles. The highest BCUT2D eigenvalue weighted by atomic mass is 19.1. The highest BCUT2D eigenvalue weighted by Gasteiger charge is 2.33. The summed E-state index contributed by atoms with van der Waals surface area (Å²) in [5.41, 5.74) is 2.98. The summed E-state index contributed by atoms with van der Waals surface area (Å²) in [6, 6.07) is 7.32. The number of likely N-dealkylation sites (tertiary alicyclic amines) is 1. The van der Waals surface area contributed by atoms with Gasteiger partial charge in [0.15, 0.2) is 0 Å². The van der Waals surface area contributed by atoms with E-state index in [2.05, 4.69) is 30.0 Å². The molecule has 1 aliphatic rings. The van der Waals surface area contributed by atoms with Crippen LogP contribution in [0.25, 0.3) is 11.3 Å². The van der Waals surface area contributed by atoms with Crippen LogP contribution in [0.4, 0.5) is 4.39 Å². The summed E-state index contributed by atoms with van der Waals surface area (Å²) in [7, 11) is 0. The Hall–Kier alpha value is -3.08. The summed E-state index contributed by atoms with van der Waals surface area (Å²) in [6.45, 7) is 18.6. The predicted octanol–water partition coefficient (Wildman–Crippen LogP) is 7.42. The molecule has 4 nitrogen and oxygen atoms in total. The van der Waals surface area contributed by atoms with Gasteiger partial charge in [-0.25, -0.2) is 4.39 Å². The van der Waals surface area contributed by atoms with Crippen LogP contribution >= 0.6 is 0 Å². The third-order valence-corrected chi connectivity index (χ3v) is 5.48. The van der Waals surface area contributed by atoms with Crippen LogP contribution in [0.15, 0.2) is 79.6 Å². The zero-order valence-electron chi connectivity index (χ0n) is 20.8. The smallest absolute Gasteiger partial charge is 0.256 e. The molecule has 0 unspecified atom stereocenters. The Balaban J connectivity index is 0.00000129. The van der Waals surface area contributed by atoms with Crippen molar-refractivity contribution < 1.29 is 9.18 Å². The molecule has 0 bridgehead atoms. The molecule has 0 saturated carbocycles. The van der Waals surface area contributed by atoms with E-state index in [9.17, 15) is 9.18 Å². The maximum atomic E-state index is 13.2. The number of hydrogen-bond donors (Lipinski definition) is 0. The lowest BCUT2D eigenvalue weighted by atomic mass is 9.75. The molecule has 2 aromatic heterocycles. The van der Waals surface area contributed by atoms with Crippen LogP contribution < -0.4 is 0 Å². The first-order chi connectivity index (χ1) is 15.9. The lowest BCUT2D eigenvalue weighted by molar-refractivity contribution is 0.0608. The Morgan fingerprint density at radius 1 is 1.12 bits per heavy atom. The maximum absolute atomic E-state index is 13.2. The van der Waals surface area contributed by atoms with Crippen molar-refractivity contribution in [2.45, 2.75) is 53.9 Å². The molecule has 1 saturated heterocycles. The van der Waals surface area contributed by atoms with Crippen LogP contribution in [0.3, 0.4) is 0 Å². The standard InChI is InChI=1S/C24H26FN3O.2C2H6/c1-4-19(16-18(2)25)17-24(3)9-14-28(15-10-24)23(29)21-6-5-11-27-22(21)20-7-12-26-13-8-20;2*1-2/h4-8,11-13,16H,1-2,9-10,14-15,17H2,3H3;2*1-2H3/b19-16+;;. The number of piperidine rings is 1. The highest BCUT2D eigenvalue weighted by Crippen LogP contribution is 2.38. The molecule has 0 radical (unpaired) electrons. The van der Waals surface area contributed by atoms with E-state index in [0.29, 0.717) is 24.3 Å². The average Bonchev–Trinajstić information content (AvgIpc) is 2.86. The molecule has 0 spiro atoms. The fourth-order valence-electron chi connectivity index (χ4n) is 3.79. The molecule has 3 heterocycles. The molecule has 0 aliphatic carbocycles. The fourth-order valence-corrected chi connectivity index (χ4v) is 3.79. The number of hydrogen-bond acceptors (Lipinski definition) is 3. The van der Waals surface area contributed by atoms with E-state index >= 15 is 0 Å². The van der Waals surface area contributed by atoms with Gasteiger partial charge < -0.3 is 4.90 Å². The molecule has 0 atom stereocenters. The van der Waals surface area contributed by atoms with Crippen LogP contribution in [0.2, 0.25) is 0 Å². The fraction of sp³-hybridized carbons (Fsp3) is 0.393. The van der Waals surface area contributed by atoms with Crippen molar-refractivity contribution in [2.75, 3.05) is 13.1 Å². The number of carbonyl (C=O) groups excluding carboxylic acids is 1. The molecule has 0 N–H and O–H groups in total. The first-order valence-corrected chi connectivity index (χ1v) is 11.7. The molecule has 1 aliphatic heterocycles. The number of carbonyl (C=O) groups is 1. The number of aromatic nitrogens is 2. The van der Waals surface area contributed by atoms with Crippen molar-refractivity contribution in [2.24, 2.45) is 5.41 Å². The minimum Gasteiger partial charge on any atom is -0.339 e.